The van der Waals surface area contributed by atoms with Gasteiger partial charge in [0.05, 0.1) is 11.8 Å². The minimum absolute atomic E-state index is 0.239. The lowest BCUT2D eigenvalue weighted by atomic mass is 10.1. The number of hydrogen-bond donors (Lipinski definition) is 1. The third-order valence-electron chi connectivity index (χ3n) is 2.67. The first kappa shape index (κ1) is 14.0. The van der Waals surface area contributed by atoms with Gasteiger partial charge in [0, 0.05) is 4.90 Å². The standard InChI is InChI=1S/C13H16FN3OS/c1-8(2)12(15)13-16-11(17-18-13)7-19-10-5-3-9(14)4-6-10/h3-6,8,12H,7,15H2,1-2H3/t12-/m0/s1. The summed E-state index contributed by atoms with van der Waals surface area (Å²) in [6.45, 7) is 4.00. The van der Waals surface area contributed by atoms with Gasteiger partial charge in [-0.2, -0.15) is 4.98 Å². The number of rotatable bonds is 5. The average molecular weight is 281 g/mol. The molecule has 1 heterocycles. The predicted octanol–water partition coefficient (Wildman–Crippen LogP) is 3.16. The van der Waals surface area contributed by atoms with Crippen LogP contribution in [0.4, 0.5) is 4.39 Å². The van der Waals surface area contributed by atoms with Crippen molar-refractivity contribution in [3.8, 4) is 0 Å². The molecule has 0 aliphatic heterocycles. The van der Waals surface area contributed by atoms with Crippen LogP contribution in [-0.2, 0) is 5.75 Å². The second-order valence-corrected chi connectivity index (χ2v) is 5.61. The van der Waals surface area contributed by atoms with Gasteiger partial charge in [-0.15, -0.1) is 11.8 Å². The van der Waals surface area contributed by atoms with Crippen molar-refractivity contribution >= 4 is 11.8 Å². The maximum Gasteiger partial charge on any atom is 0.243 e. The normalized spacial score (nSPS) is 12.9. The van der Waals surface area contributed by atoms with E-state index in [2.05, 4.69) is 10.1 Å². The summed E-state index contributed by atoms with van der Waals surface area (Å²) in [4.78, 5) is 5.23. The van der Waals surface area contributed by atoms with Gasteiger partial charge in [-0.3, -0.25) is 0 Å². The van der Waals surface area contributed by atoms with Crippen molar-refractivity contribution in [3.05, 3.63) is 41.8 Å². The fourth-order valence-corrected chi connectivity index (χ4v) is 2.17. The summed E-state index contributed by atoms with van der Waals surface area (Å²) >= 11 is 1.52. The van der Waals surface area contributed by atoms with Crippen LogP contribution in [0.1, 0.15) is 31.6 Å². The number of hydrogen-bond acceptors (Lipinski definition) is 5. The lowest BCUT2D eigenvalue weighted by Crippen LogP contribution is -2.17. The Labute approximate surface area is 115 Å². The summed E-state index contributed by atoms with van der Waals surface area (Å²) in [6, 6.07) is 6.07. The molecular formula is C13H16FN3OS. The van der Waals surface area contributed by atoms with Gasteiger partial charge in [-0.25, -0.2) is 4.39 Å². The Morgan fingerprint density at radius 3 is 2.63 bits per heavy atom. The topological polar surface area (TPSA) is 64.9 Å². The Morgan fingerprint density at radius 1 is 1.32 bits per heavy atom. The number of halogens is 1. The van der Waals surface area contributed by atoms with E-state index in [9.17, 15) is 4.39 Å². The number of benzene rings is 1. The summed E-state index contributed by atoms with van der Waals surface area (Å²) in [6.07, 6.45) is 0. The van der Waals surface area contributed by atoms with Crippen molar-refractivity contribution in [2.24, 2.45) is 11.7 Å². The molecule has 1 atom stereocenters. The first-order valence-corrected chi connectivity index (χ1v) is 7.01. The molecular weight excluding hydrogens is 265 g/mol. The van der Waals surface area contributed by atoms with Crippen molar-refractivity contribution < 1.29 is 8.91 Å². The zero-order valence-corrected chi connectivity index (χ0v) is 11.7. The molecule has 0 aliphatic rings. The summed E-state index contributed by atoms with van der Waals surface area (Å²) in [5.41, 5.74) is 5.93. The zero-order chi connectivity index (χ0) is 13.8. The van der Waals surface area contributed by atoms with E-state index in [1.807, 2.05) is 13.8 Å². The molecule has 2 aromatic rings. The number of thioether (sulfide) groups is 1. The molecule has 0 spiro atoms. The molecule has 0 bridgehead atoms. The van der Waals surface area contributed by atoms with Crippen LogP contribution in [0.15, 0.2) is 33.7 Å². The Hall–Kier alpha value is -1.40. The van der Waals surface area contributed by atoms with E-state index in [1.54, 1.807) is 12.1 Å². The minimum Gasteiger partial charge on any atom is -0.338 e. The molecule has 0 unspecified atom stereocenters. The fourth-order valence-electron chi connectivity index (χ4n) is 1.43. The molecule has 4 nitrogen and oxygen atoms in total. The summed E-state index contributed by atoms with van der Waals surface area (Å²) < 4.78 is 17.9. The summed E-state index contributed by atoms with van der Waals surface area (Å²) in [7, 11) is 0. The van der Waals surface area contributed by atoms with Crippen LogP contribution < -0.4 is 5.73 Å². The van der Waals surface area contributed by atoms with Crippen LogP contribution in [0.5, 0.6) is 0 Å². The molecule has 0 radical (unpaired) electrons. The van der Waals surface area contributed by atoms with Gasteiger partial charge in [-0.1, -0.05) is 19.0 Å². The van der Waals surface area contributed by atoms with Crippen molar-refractivity contribution in [2.75, 3.05) is 0 Å². The monoisotopic (exact) mass is 281 g/mol. The highest BCUT2D eigenvalue weighted by atomic mass is 32.2. The van der Waals surface area contributed by atoms with Crippen LogP contribution in [-0.4, -0.2) is 10.1 Å². The highest BCUT2D eigenvalue weighted by Gasteiger charge is 2.17. The second-order valence-electron chi connectivity index (χ2n) is 4.56. The summed E-state index contributed by atoms with van der Waals surface area (Å²) in [5.74, 6) is 1.64. The highest BCUT2D eigenvalue weighted by Crippen LogP contribution is 2.23. The lowest BCUT2D eigenvalue weighted by molar-refractivity contribution is 0.323. The molecule has 0 amide bonds. The maximum atomic E-state index is 12.8. The molecule has 0 aliphatic carbocycles. The van der Waals surface area contributed by atoms with Gasteiger partial charge in [-0.05, 0) is 30.2 Å². The van der Waals surface area contributed by atoms with Crippen molar-refractivity contribution in [2.45, 2.75) is 30.5 Å². The third-order valence-corrected chi connectivity index (χ3v) is 3.68. The molecule has 0 saturated carbocycles. The van der Waals surface area contributed by atoms with Crippen molar-refractivity contribution in [1.29, 1.82) is 0 Å². The van der Waals surface area contributed by atoms with E-state index in [-0.39, 0.29) is 17.8 Å². The maximum absolute atomic E-state index is 12.8. The van der Waals surface area contributed by atoms with Crippen LogP contribution >= 0.6 is 11.8 Å². The Morgan fingerprint density at radius 2 is 2.00 bits per heavy atom. The minimum atomic E-state index is -0.242. The predicted molar refractivity (Wildman–Crippen MR) is 72.0 cm³/mol. The molecule has 1 aromatic heterocycles. The van der Waals surface area contributed by atoms with E-state index >= 15 is 0 Å². The highest BCUT2D eigenvalue weighted by molar-refractivity contribution is 7.98. The Kier molecular flexibility index (Phi) is 4.55. The zero-order valence-electron chi connectivity index (χ0n) is 10.8. The smallest absolute Gasteiger partial charge is 0.243 e. The van der Waals surface area contributed by atoms with Crippen LogP contribution in [0.25, 0.3) is 0 Å². The fraction of sp³-hybridized carbons (Fsp3) is 0.385. The van der Waals surface area contributed by atoms with Gasteiger partial charge in [0.2, 0.25) is 5.89 Å². The molecule has 6 heteroatoms. The van der Waals surface area contributed by atoms with Crippen molar-refractivity contribution in [3.63, 3.8) is 0 Å². The lowest BCUT2D eigenvalue weighted by Gasteiger charge is -2.09. The Balaban J connectivity index is 1.95. The molecule has 0 saturated heterocycles. The van der Waals surface area contributed by atoms with Gasteiger partial charge in [0.1, 0.15) is 5.82 Å². The van der Waals surface area contributed by atoms with E-state index in [1.165, 1.54) is 23.9 Å². The molecule has 19 heavy (non-hydrogen) atoms. The molecule has 102 valence electrons. The quantitative estimate of drug-likeness (QED) is 0.853. The van der Waals surface area contributed by atoms with E-state index in [0.717, 1.165) is 4.90 Å². The van der Waals surface area contributed by atoms with Crippen LogP contribution in [0.2, 0.25) is 0 Å². The van der Waals surface area contributed by atoms with Gasteiger partial charge >= 0.3 is 0 Å². The summed E-state index contributed by atoms with van der Waals surface area (Å²) in [5, 5.41) is 3.89. The molecule has 1 aromatic carbocycles. The molecule has 2 rings (SSSR count). The SMILES string of the molecule is CC(C)[C@H](N)c1nc(CSc2ccc(F)cc2)no1. The first-order chi connectivity index (χ1) is 9.06. The van der Waals surface area contributed by atoms with E-state index < -0.39 is 0 Å². The van der Waals surface area contributed by atoms with Crippen LogP contribution in [0, 0.1) is 11.7 Å². The number of nitrogens with two attached hydrogens (primary N) is 1. The third kappa shape index (κ3) is 3.78. The number of nitrogens with zero attached hydrogens (tertiary/aromatic N) is 2. The Bertz CT molecular complexity index is 527. The number of aromatic nitrogens is 2. The van der Waals surface area contributed by atoms with Crippen molar-refractivity contribution in [1.82, 2.24) is 10.1 Å². The van der Waals surface area contributed by atoms with Gasteiger partial charge < -0.3 is 10.3 Å². The van der Waals surface area contributed by atoms with E-state index in [0.29, 0.717) is 17.5 Å². The second kappa shape index (κ2) is 6.16. The van der Waals surface area contributed by atoms with E-state index in [4.69, 9.17) is 10.3 Å². The van der Waals surface area contributed by atoms with Crippen LogP contribution in [0.3, 0.4) is 0 Å². The van der Waals surface area contributed by atoms with Gasteiger partial charge in [0.15, 0.2) is 5.82 Å². The largest absolute Gasteiger partial charge is 0.338 e. The van der Waals surface area contributed by atoms with Gasteiger partial charge in [0.25, 0.3) is 0 Å². The molecule has 2 N–H and O–H groups in total. The first-order valence-electron chi connectivity index (χ1n) is 6.02. The molecule has 0 fully saturated rings. The average Bonchev–Trinajstić information content (AvgIpc) is 2.86.